The topological polar surface area (TPSA) is 53.2 Å². The molecule has 2 rings (SSSR count). The van der Waals surface area contributed by atoms with Crippen LogP contribution >= 0.6 is 70.2 Å². The molecule has 4 nitrogen and oxygen atoms in total. The van der Waals surface area contributed by atoms with E-state index in [0.717, 1.165) is 12.1 Å². The first-order chi connectivity index (χ1) is 12.6. The fourth-order valence-electron chi connectivity index (χ4n) is 1.90. The Bertz CT molecular complexity index is 845. The van der Waals surface area contributed by atoms with Gasteiger partial charge in [-0.25, -0.2) is 4.39 Å². The Balaban J connectivity index is 2.08. The van der Waals surface area contributed by atoms with Gasteiger partial charge in [-0.2, -0.15) is 0 Å². The van der Waals surface area contributed by atoms with Crippen molar-refractivity contribution in [1.29, 1.82) is 0 Å². The third-order valence-corrected chi connectivity index (χ3v) is 4.59. The zero-order valence-corrected chi connectivity index (χ0v) is 17.8. The molecule has 0 unspecified atom stereocenters. The summed E-state index contributed by atoms with van der Waals surface area (Å²) in [6.07, 6.45) is -1.19. The van der Waals surface area contributed by atoms with Crippen molar-refractivity contribution in [2.75, 3.05) is 5.32 Å². The van der Waals surface area contributed by atoms with Gasteiger partial charge in [-0.05, 0) is 54.7 Å². The molecule has 0 aromatic heterocycles. The molecule has 3 N–H and O–H groups in total. The predicted octanol–water partition coefficient (Wildman–Crippen LogP) is 5.55. The second-order valence-corrected chi connectivity index (χ2v) is 8.80. The summed E-state index contributed by atoms with van der Waals surface area (Å²) in [7, 11) is 0. The number of benzene rings is 2. The maximum absolute atomic E-state index is 13.0. The highest BCUT2D eigenvalue weighted by molar-refractivity contribution is 7.80. The van der Waals surface area contributed by atoms with E-state index in [-0.39, 0.29) is 10.7 Å². The van der Waals surface area contributed by atoms with Crippen molar-refractivity contribution in [1.82, 2.24) is 10.6 Å². The molecule has 0 fully saturated rings. The minimum Gasteiger partial charge on any atom is -0.339 e. The van der Waals surface area contributed by atoms with Gasteiger partial charge < -0.3 is 16.0 Å². The number of hydrogen-bond donors (Lipinski definition) is 3. The molecule has 0 radical (unpaired) electrons. The highest BCUT2D eigenvalue weighted by Gasteiger charge is 2.35. The normalized spacial score (nSPS) is 12.2. The second kappa shape index (κ2) is 9.45. The summed E-state index contributed by atoms with van der Waals surface area (Å²) in [5, 5.41) is 8.80. The van der Waals surface area contributed by atoms with Crippen LogP contribution in [0.3, 0.4) is 0 Å². The number of anilines is 1. The molecule has 0 spiro atoms. The number of amides is 1. The van der Waals surface area contributed by atoms with Crippen molar-refractivity contribution in [2.24, 2.45) is 0 Å². The van der Waals surface area contributed by atoms with E-state index < -0.39 is 21.7 Å². The molecule has 2 aromatic carbocycles. The van der Waals surface area contributed by atoms with E-state index in [1.165, 1.54) is 18.2 Å². The van der Waals surface area contributed by atoms with Crippen LogP contribution in [-0.2, 0) is 0 Å². The van der Waals surface area contributed by atoms with Gasteiger partial charge in [-0.1, -0.05) is 58.0 Å². The van der Waals surface area contributed by atoms with Crippen molar-refractivity contribution >= 4 is 86.9 Å². The maximum atomic E-state index is 13.0. The number of carbonyl (C=O) groups excluding carboxylic acids is 1. The number of thiocarbonyl (C=S) groups is 1. The van der Waals surface area contributed by atoms with Crippen LogP contribution in [0.2, 0.25) is 10.0 Å². The van der Waals surface area contributed by atoms with Crippen molar-refractivity contribution in [3.8, 4) is 0 Å². The van der Waals surface area contributed by atoms with Crippen molar-refractivity contribution in [2.45, 2.75) is 9.96 Å². The SMILES string of the molecule is O=C(N[C@H](NC(=S)Nc1ccc(Cl)cc1Cl)C(Cl)(Cl)Cl)c1ccc(F)cc1. The van der Waals surface area contributed by atoms with Gasteiger partial charge in [-0.15, -0.1) is 0 Å². The van der Waals surface area contributed by atoms with E-state index in [1.807, 2.05) is 0 Å². The van der Waals surface area contributed by atoms with Crippen LogP contribution in [0.4, 0.5) is 10.1 Å². The number of halogens is 6. The lowest BCUT2D eigenvalue weighted by Crippen LogP contribution is -2.56. The average molecular weight is 490 g/mol. The van der Waals surface area contributed by atoms with Gasteiger partial charge in [-0.3, -0.25) is 4.79 Å². The van der Waals surface area contributed by atoms with Crippen LogP contribution < -0.4 is 16.0 Å². The highest BCUT2D eigenvalue weighted by Crippen LogP contribution is 2.30. The van der Waals surface area contributed by atoms with Crippen molar-refractivity contribution in [3.63, 3.8) is 0 Å². The average Bonchev–Trinajstić information content (AvgIpc) is 2.56. The Morgan fingerprint density at radius 3 is 2.22 bits per heavy atom. The molecule has 1 amide bonds. The van der Waals surface area contributed by atoms with Gasteiger partial charge in [0.25, 0.3) is 5.91 Å². The number of hydrogen-bond acceptors (Lipinski definition) is 2. The maximum Gasteiger partial charge on any atom is 0.252 e. The Labute approximate surface area is 185 Å². The quantitative estimate of drug-likeness (QED) is 0.300. The van der Waals surface area contributed by atoms with E-state index in [9.17, 15) is 9.18 Å². The Hall–Kier alpha value is -1.02. The molecular weight excluding hydrogens is 479 g/mol. The molecule has 0 aliphatic heterocycles. The summed E-state index contributed by atoms with van der Waals surface area (Å²) >= 11 is 34.8. The number of alkyl halides is 3. The van der Waals surface area contributed by atoms with Crippen molar-refractivity contribution < 1.29 is 9.18 Å². The molecule has 11 heteroatoms. The lowest BCUT2D eigenvalue weighted by atomic mass is 10.2. The van der Waals surface area contributed by atoms with Crippen LogP contribution in [0, 0.1) is 5.82 Å². The van der Waals surface area contributed by atoms with Gasteiger partial charge in [0.1, 0.15) is 12.0 Å². The Morgan fingerprint density at radius 2 is 1.67 bits per heavy atom. The largest absolute Gasteiger partial charge is 0.339 e. The number of nitrogens with one attached hydrogen (secondary N) is 3. The van der Waals surface area contributed by atoms with Gasteiger partial charge >= 0.3 is 0 Å². The number of carbonyl (C=O) groups is 1. The van der Waals surface area contributed by atoms with E-state index in [4.69, 9.17) is 70.2 Å². The molecule has 0 heterocycles. The molecule has 0 aliphatic rings. The monoisotopic (exact) mass is 487 g/mol. The molecule has 27 heavy (non-hydrogen) atoms. The molecule has 144 valence electrons. The van der Waals surface area contributed by atoms with Crippen LogP contribution in [0.15, 0.2) is 42.5 Å². The van der Waals surface area contributed by atoms with Crippen LogP contribution in [0.25, 0.3) is 0 Å². The zero-order chi connectivity index (χ0) is 20.2. The highest BCUT2D eigenvalue weighted by atomic mass is 35.6. The Kier molecular flexibility index (Phi) is 7.80. The van der Waals surface area contributed by atoms with E-state index in [0.29, 0.717) is 15.7 Å². The molecule has 0 bridgehead atoms. The second-order valence-electron chi connectivity index (χ2n) is 5.18. The zero-order valence-electron chi connectivity index (χ0n) is 13.2. The van der Waals surface area contributed by atoms with Crippen LogP contribution in [0.1, 0.15) is 10.4 Å². The van der Waals surface area contributed by atoms with Gasteiger partial charge in [0.2, 0.25) is 3.79 Å². The Morgan fingerprint density at radius 1 is 1.04 bits per heavy atom. The molecule has 2 aromatic rings. The fourth-order valence-corrected chi connectivity index (χ4v) is 2.91. The molecule has 1 atom stereocenters. The summed E-state index contributed by atoms with van der Waals surface area (Å²) in [6, 6.07) is 9.62. The molecular formula is C16H11Cl5FN3OS. The third kappa shape index (κ3) is 6.82. The summed E-state index contributed by atoms with van der Waals surface area (Å²) in [4.78, 5) is 12.3. The van der Waals surface area contributed by atoms with E-state index in [1.54, 1.807) is 12.1 Å². The van der Waals surface area contributed by atoms with Gasteiger partial charge in [0.05, 0.1) is 10.7 Å². The summed E-state index contributed by atoms with van der Waals surface area (Å²) in [5.41, 5.74) is 0.642. The lowest BCUT2D eigenvalue weighted by Gasteiger charge is -2.28. The summed E-state index contributed by atoms with van der Waals surface area (Å²) in [5.74, 6) is -1.07. The van der Waals surface area contributed by atoms with Gasteiger partial charge in [0.15, 0.2) is 5.11 Å². The molecule has 0 saturated carbocycles. The van der Waals surface area contributed by atoms with E-state index in [2.05, 4.69) is 16.0 Å². The fraction of sp³-hybridized carbons (Fsp3) is 0.125. The number of rotatable bonds is 4. The lowest BCUT2D eigenvalue weighted by molar-refractivity contribution is 0.0934. The summed E-state index contributed by atoms with van der Waals surface area (Å²) < 4.78 is 11.0. The standard InChI is InChI=1S/C16H11Cl5FN3OS/c17-9-3-6-12(11(18)7-9)23-15(27)25-14(16(19,20)21)24-13(26)8-1-4-10(22)5-2-8/h1-7,14H,(H,24,26)(H2,23,25,27)/t14-/m1/s1. The first kappa shape index (κ1) is 22.3. The third-order valence-electron chi connectivity index (χ3n) is 3.16. The smallest absolute Gasteiger partial charge is 0.252 e. The first-order valence-electron chi connectivity index (χ1n) is 7.22. The summed E-state index contributed by atoms with van der Waals surface area (Å²) in [6.45, 7) is 0. The van der Waals surface area contributed by atoms with E-state index >= 15 is 0 Å². The molecule has 0 aliphatic carbocycles. The molecule has 0 saturated heterocycles. The van der Waals surface area contributed by atoms with Crippen LogP contribution in [-0.4, -0.2) is 21.0 Å². The van der Waals surface area contributed by atoms with Gasteiger partial charge in [0, 0.05) is 10.6 Å². The minimum atomic E-state index is -1.94. The predicted molar refractivity (Wildman–Crippen MR) is 114 cm³/mol. The first-order valence-corrected chi connectivity index (χ1v) is 9.52. The van der Waals surface area contributed by atoms with Crippen molar-refractivity contribution in [3.05, 3.63) is 63.9 Å². The minimum absolute atomic E-state index is 0.0370. The van der Waals surface area contributed by atoms with Crippen LogP contribution in [0.5, 0.6) is 0 Å².